The van der Waals surface area contributed by atoms with Crippen LogP contribution in [0.2, 0.25) is 0 Å². The van der Waals surface area contributed by atoms with Crippen LogP contribution in [0.4, 0.5) is 5.00 Å². The van der Waals surface area contributed by atoms with E-state index in [4.69, 9.17) is 0 Å². The van der Waals surface area contributed by atoms with E-state index in [1.165, 1.54) is 30.8 Å². The van der Waals surface area contributed by atoms with Crippen molar-refractivity contribution in [2.75, 3.05) is 11.9 Å². The molecule has 5 nitrogen and oxygen atoms in total. The van der Waals surface area contributed by atoms with Gasteiger partial charge >= 0.3 is 0 Å². The highest BCUT2D eigenvalue weighted by atomic mass is 32.1. The van der Waals surface area contributed by atoms with Crippen molar-refractivity contribution >= 4 is 28.3 Å². The van der Waals surface area contributed by atoms with E-state index in [0.29, 0.717) is 6.54 Å². The quantitative estimate of drug-likeness (QED) is 0.739. The normalized spacial score (nSPS) is 29.6. The first kappa shape index (κ1) is 18.8. The standard InChI is InChI=1S/C23H27N3O2S/c27-20(25-21-11-19(26-29-21)18-4-2-1-3-5-18)6-7-24-22(28)23-12-15-8-16(13-23)10-17(9-15)14-23/h1-5,11,15-17H,6-10,12-14H2,(H,24,28)(H,25,27). The van der Waals surface area contributed by atoms with E-state index in [-0.39, 0.29) is 23.7 Å². The minimum atomic E-state index is -0.145. The molecule has 4 aliphatic rings. The number of benzene rings is 1. The summed E-state index contributed by atoms with van der Waals surface area (Å²) in [5, 5.41) is 6.72. The lowest BCUT2D eigenvalue weighted by Crippen LogP contribution is -2.53. The van der Waals surface area contributed by atoms with Gasteiger partial charge in [0.1, 0.15) is 5.00 Å². The lowest BCUT2D eigenvalue weighted by Gasteiger charge is -2.55. The smallest absolute Gasteiger partial charge is 0.226 e. The molecule has 2 N–H and O–H groups in total. The first-order valence-corrected chi connectivity index (χ1v) is 11.5. The number of amides is 2. The van der Waals surface area contributed by atoms with Gasteiger partial charge in [0.2, 0.25) is 11.8 Å². The molecule has 2 aromatic rings. The average molecular weight is 410 g/mol. The molecule has 0 aliphatic heterocycles. The highest BCUT2D eigenvalue weighted by molar-refractivity contribution is 7.10. The molecule has 1 aromatic carbocycles. The molecule has 4 saturated carbocycles. The molecule has 4 fully saturated rings. The summed E-state index contributed by atoms with van der Waals surface area (Å²) in [4.78, 5) is 25.3. The van der Waals surface area contributed by atoms with Gasteiger partial charge in [0.15, 0.2) is 0 Å². The fourth-order valence-electron chi connectivity index (χ4n) is 6.14. The lowest BCUT2D eigenvalue weighted by atomic mass is 9.49. The van der Waals surface area contributed by atoms with E-state index in [1.807, 2.05) is 36.4 Å². The monoisotopic (exact) mass is 409 g/mol. The molecule has 6 rings (SSSR count). The Bertz CT molecular complexity index is 873. The van der Waals surface area contributed by atoms with Crippen molar-refractivity contribution in [3.05, 3.63) is 36.4 Å². The number of anilines is 1. The summed E-state index contributed by atoms with van der Waals surface area (Å²) in [5.74, 6) is 2.36. The van der Waals surface area contributed by atoms with Crippen LogP contribution in [-0.2, 0) is 9.59 Å². The molecule has 2 amide bonds. The Morgan fingerprint density at radius 3 is 2.34 bits per heavy atom. The minimum absolute atomic E-state index is 0.0842. The SMILES string of the molecule is O=C(CCNC(=O)C12CC3CC(CC(C3)C1)C2)Nc1cc(-c2ccccc2)ns1. The Morgan fingerprint density at radius 2 is 1.69 bits per heavy atom. The van der Waals surface area contributed by atoms with E-state index in [0.717, 1.165) is 53.3 Å². The van der Waals surface area contributed by atoms with Gasteiger partial charge in [-0.1, -0.05) is 30.3 Å². The third-order valence-corrected chi connectivity index (χ3v) is 7.70. The summed E-state index contributed by atoms with van der Waals surface area (Å²) in [7, 11) is 0. The van der Waals surface area contributed by atoms with Crippen molar-refractivity contribution in [1.82, 2.24) is 9.69 Å². The maximum Gasteiger partial charge on any atom is 0.226 e. The molecule has 152 valence electrons. The van der Waals surface area contributed by atoms with E-state index in [2.05, 4.69) is 15.0 Å². The molecule has 6 heteroatoms. The Labute approximate surface area is 175 Å². The van der Waals surface area contributed by atoms with Gasteiger partial charge in [-0.3, -0.25) is 9.59 Å². The largest absolute Gasteiger partial charge is 0.355 e. The van der Waals surface area contributed by atoms with Gasteiger partial charge in [0, 0.05) is 30.0 Å². The molecule has 1 heterocycles. The third-order valence-electron chi connectivity index (χ3n) is 7.00. The molecule has 0 saturated heterocycles. The summed E-state index contributed by atoms with van der Waals surface area (Å²) < 4.78 is 4.41. The van der Waals surface area contributed by atoms with Crippen molar-refractivity contribution in [2.45, 2.75) is 44.9 Å². The average Bonchev–Trinajstić information content (AvgIpc) is 3.16. The first-order chi connectivity index (χ1) is 14.1. The van der Waals surface area contributed by atoms with Crippen LogP contribution in [0.25, 0.3) is 11.3 Å². The van der Waals surface area contributed by atoms with Crippen LogP contribution in [0.3, 0.4) is 0 Å². The maximum atomic E-state index is 12.9. The predicted molar refractivity (Wildman–Crippen MR) is 114 cm³/mol. The molecule has 0 radical (unpaired) electrons. The molecular formula is C23H27N3O2S. The predicted octanol–water partition coefficient (Wildman–Crippen LogP) is 4.47. The Hall–Kier alpha value is -2.21. The highest BCUT2D eigenvalue weighted by Crippen LogP contribution is 2.60. The summed E-state index contributed by atoms with van der Waals surface area (Å²) in [6.07, 6.45) is 7.44. The topological polar surface area (TPSA) is 71.1 Å². The van der Waals surface area contributed by atoms with Crippen LogP contribution in [0, 0.1) is 23.2 Å². The highest BCUT2D eigenvalue weighted by Gasteiger charge is 2.54. The number of rotatable bonds is 6. The molecule has 4 bridgehead atoms. The zero-order valence-electron chi connectivity index (χ0n) is 16.5. The van der Waals surface area contributed by atoms with E-state index < -0.39 is 0 Å². The van der Waals surface area contributed by atoms with Gasteiger partial charge in [0.05, 0.1) is 5.69 Å². The number of nitrogens with one attached hydrogen (secondary N) is 2. The summed E-state index contributed by atoms with van der Waals surface area (Å²) in [6.45, 7) is 0.400. The Morgan fingerprint density at radius 1 is 1.03 bits per heavy atom. The zero-order valence-corrected chi connectivity index (χ0v) is 17.3. The van der Waals surface area contributed by atoms with Crippen molar-refractivity contribution in [3.8, 4) is 11.3 Å². The molecule has 0 atom stereocenters. The van der Waals surface area contributed by atoms with Gasteiger partial charge in [-0.15, -0.1) is 0 Å². The maximum absolute atomic E-state index is 12.9. The Kier molecular flexibility index (Phi) is 4.90. The number of carbonyl (C=O) groups excluding carboxylic acids is 2. The van der Waals surface area contributed by atoms with Crippen LogP contribution in [0.5, 0.6) is 0 Å². The van der Waals surface area contributed by atoms with Crippen LogP contribution in [0.15, 0.2) is 36.4 Å². The molecule has 0 unspecified atom stereocenters. The second kappa shape index (κ2) is 7.56. The lowest BCUT2D eigenvalue weighted by molar-refractivity contribution is -0.146. The second-order valence-corrected chi connectivity index (χ2v) is 10.00. The minimum Gasteiger partial charge on any atom is -0.355 e. The molecule has 0 spiro atoms. The fraction of sp³-hybridized carbons (Fsp3) is 0.522. The summed E-state index contributed by atoms with van der Waals surface area (Å²) >= 11 is 1.28. The summed E-state index contributed by atoms with van der Waals surface area (Å²) in [5.41, 5.74) is 1.75. The molecule has 1 aromatic heterocycles. The van der Waals surface area contributed by atoms with Gasteiger partial charge in [-0.2, -0.15) is 4.37 Å². The zero-order chi connectivity index (χ0) is 19.8. The van der Waals surface area contributed by atoms with E-state index in [1.54, 1.807) is 0 Å². The number of aromatic nitrogens is 1. The van der Waals surface area contributed by atoms with Crippen molar-refractivity contribution in [1.29, 1.82) is 0 Å². The van der Waals surface area contributed by atoms with Crippen LogP contribution in [-0.4, -0.2) is 22.7 Å². The number of hydrogen-bond acceptors (Lipinski definition) is 4. The van der Waals surface area contributed by atoms with E-state index >= 15 is 0 Å². The second-order valence-electron chi connectivity index (χ2n) is 9.19. The number of carbonyl (C=O) groups is 2. The molecule has 4 aliphatic carbocycles. The summed E-state index contributed by atoms with van der Waals surface area (Å²) in [6, 6.07) is 11.8. The number of nitrogens with zero attached hydrogens (tertiary/aromatic N) is 1. The third kappa shape index (κ3) is 3.82. The van der Waals surface area contributed by atoms with E-state index in [9.17, 15) is 9.59 Å². The van der Waals surface area contributed by atoms with Crippen molar-refractivity contribution < 1.29 is 9.59 Å². The number of hydrogen-bond donors (Lipinski definition) is 2. The van der Waals surface area contributed by atoms with Crippen LogP contribution < -0.4 is 10.6 Å². The van der Waals surface area contributed by atoms with Gasteiger partial charge in [0.25, 0.3) is 0 Å². The molecule has 29 heavy (non-hydrogen) atoms. The Balaban J connectivity index is 1.11. The van der Waals surface area contributed by atoms with Gasteiger partial charge in [-0.25, -0.2) is 0 Å². The van der Waals surface area contributed by atoms with Gasteiger partial charge in [-0.05, 0) is 67.8 Å². The van der Waals surface area contributed by atoms with Gasteiger partial charge < -0.3 is 10.6 Å². The first-order valence-electron chi connectivity index (χ1n) is 10.7. The van der Waals surface area contributed by atoms with Crippen molar-refractivity contribution in [3.63, 3.8) is 0 Å². The fourth-order valence-corrected chi connectivity index (χ4v) is 6.82. The van der Waals surface area contributed by atoms with Crippen LogP contribution >= 0.6 is 11.5 Å². The molecular weight excluding hydrogens is 382 g/mol. The van der Waals surface area contributed by atoms with Crippen LogP contribution in [0.1, 0.15) is 44.9 Å². The van der Waals surface area contributed by atoms with Crippen molar-refractivity contribution in [2.24, 2.45) is 23.2 Å².